The molecule has 0 fully saturated rings. The highest BCUT2D eigenvalue weighted by molar-refractivity contribution is 6.02. The Labute approximate surface area is 190 Å². The lowest BCUT2D eigenvalue weighted by Gasteiger charge is -2.12. The van der Waals surface area contributed by atoms with Gasteiger partial charge in [-0.05, 0) is 12.1 Å². The van der Waals surface area contributed by atoms with E-state index in [1.54, 1.807) is 12.1 Å². The van der Waals surface area contributed by atoms with Crippen LogP contribution in [0.3, 0.4) is 0 Å². The zero-order valence-corrected chi connectivity index (χ0v) is 18.0. The number of aromatic nitrogens is 3. The van der Waals surface area contributed by atoms with E-state index < -0.39 is 5.97 Å². The number of rotatable bonds is 7. The molecule has 0 aliphatic carbocycles. The molecule has 0 aliphatic heterocycles. The summed E-state index contributed by atoms with van der Waals surface area (Å²) in [5.74, 6) is -0.656. The van der Waals surface area contributed by atoms with Crippen molar-refractivity contribution in [3.63, 3.8) is 0 Å². The van der Waals surface area contributed by atoms with Crippen molar-refractivity contribution >= 4 is 18.1 Å². The number of aromatic carboxylic acids is 1. The van der Waals surface area contributed by atoms with Gasteiger partial charge in [0.2, 0.25) is 0 Å². The Morgan fingerprint density at radius 2 is 1.48 bits per heavy atom. The van der Waals surface area contributed by atoms with Gasteiger partial charge in [0.1, 0.15) is 17.0 Å². The predicted octanol–water partition coefficient (Wildman–Crippen LogP) is 4.67. The lowest BCUT2D eigenvalue weighted by atomic mass is 10.0. The molecule has 0 amide bonds. The quantitative estimate of drug-likeness (QED) is 0.416. The molecule has 0 unspecified atom stereocenters. The highest BCUT2D eigenvalue weighted by atomic mass is 16.5. The van der Waals surface area contributed by atoms with Crippen molar-refractivity contribution in [3.8, 4) is 34.0 Å². The van der Waals surface area contributed by atoms with E-state index in [1.807, 2.05) is 60.7 Å². The highest BCUT2D eigenvalue weighted by Crippen LogP contribution is 2.33. The second-order valence-corrected chi connectivity index (χ2v) is 6.87. The van der Waals surface area contributed by atoms with E-state index in [0.717, 1.165) is 11.1 Å². The average molecular weight is 440 g/mol. The van der Waals surface area contributed by atoms with Crippen LogP contribution in [0.1, 0.15) is 15.9 Å². The normalized spacial score (nSPS) is 10.8. The summed E-state index contributed by atoms with van der Waals surface area (Å²) >= 11 is 0. The fourth-order valence-corrected chi connectivity index (χ4v) is 3.36. The summed E-state index contributed by atoms with van der Waals surface area (Å²) in [7, 11) is 2.82. The average Bonchev–Trinajstić information content (AvgIpc) is 2.87. The summed E-state index contributed by atoms with van der Waals surface area (Å²) < 4.78 is 10.4. The first-order valence-electron chi connectivity index (χ1n) is 10.00. The Morgan fingerprint density at radius 1 is 0.848 bits per heavy atom. The van der Waals surface area contributed by atoms with Gasteiger partial charge in [-0.25, -0.2) is 14.8 Å². The Bertz CT molecular complexity index is 1310. The first kappa shape index (κ1) is 21.6. The van der Waals surface area contributed by atoms with Crippen LogP contribution in [-0.2, 0) is 0 Å². The van der Waals surface area contributed by atoms with Gasteiger partial charge in [-0.3, -0.25) is 0 Å². The number of carboxylic acid groups (broad SMARTS) is 1. The highest BCUT2D eigenvalue weighted by Gasteiger charge is 2.20. The number of nitrogens with zero attached hydrogens (tertiary/aromatic N) is 4. The molecule has 1 heterocycles. The number of methoxy groups -OCH3 is 2. The molecule has 0 bridgehead atoms. The largest absolute Gasteiger partial charge is 0.493 e. The maximum Gasteiger partial charge on any atom is 0.340 e. The summed E-state index contributed by atoms with van der Waals surface area (Å²) in [5, 5.41) is 18.2. The summed E-state index contributed by atoms with van der Waals surface area (Å²) in [5.41, 5.74) is 3.22. The Balaban J connectivity index is 1.80. The van der Waals surface area contributed by atoms with Gasteiger partial charge in [0.25, 0.3) is 5.95 Å². The van der Waals surface area contributed by atoms with Crippen molar-refractivity contribution in [2.75, 3.05) is 14.2 Å². The van der Waals surface area contributed by atoms with Gasteiger partial charge in [0.05, 0.1) is 14.2 Å². The summed E-state index contributed by atoms with van der Waals surface area (Å²) in [4.78, 5) is 20.8. The summed E-state index contributed by atoms with van der Waals surface area (Å²) in [6, 6.07) is 22.4. The van der Waals surface area contributed by atoms with Gasteiger partial charge in [0.15, 0.2) is 11.5 Å². The van der Waals surface area contributed by atoms with Crippen LogP contribution in [0.25, 0.3) is 22.5 Å². The minimum atomic E-state index is -1.17. The minimum Gasteiger partial charge on any atom is -0.493 e. The molecule has 3 aromatic carbocycles. The number of carboxylic acids is 1. The maximum atomic E-state index is 11.9. The van der Waals surface area contributed by atoms with Crippen LogP contribution in [-0.4, -0.2) is 46.7 Å². The van der Waals surface area contributed by atoms with Crippen LogP contribution in [0, 0.1) is 0 Å². The number of hydrogen-bond donors (Lipinski definition) is 1. The molecule has 4 aromatic rings. The number of ether oxygens (including phenoxy) is 2. The zero-order chi connectivity index (χ0) is 23.2. The number of aliphatic imine (C=N–C) groups is 1. The standard InChI is InChI=1S/C25H20N4O4/c1-32-19-14-13-18(20(24(30)31)23(19)33-2)15-26-25-27-21(16-9-5-3-6-10-16)22(28-29-25)17-11-7-4-8-12-17/h3-15H,1-2H3,(H,30,31). The lowest BCUT2D eigenvalue weighted by Crippen LogP contribution is -2.07. The molecule has 4 rings (SSSR count). The van der Waals surface area contributed by atoms with E-state index in [2.05, 4.69) is 20.2 Å². The molecule has 33 heavy (non-hydrogen) atoms. The van der Waals surface area contributed by atoms with Crippen molar-refractivity contribution < 1.29 is 19.4 Å². The summed E-state index contributed by atoms with van der Waals surface area (Å²) in [6.45, 7) is 0. The third kappa shape index (κ3) is 4.54. The first-order valence-corrected chi connectivity index (χ1v) is 10.00. The van der Waals surface area contributed by atoms with Crippen molar-refractivity contribution in [3.05, 3.63) is 83.9 Å². The van der Waals surface area contributed by atoms with Crippen molar-refractivity contribution in [1.29, 1.82) is 0 Å². The molecular weight excluding hydrogens is 420 g/mol. The first-order chi connectivity index (χ1) is 16.1. The van der Waals surface area contributed by atoms with E-state index in [1.165, 1.54) is 20.4 Å². The molecule has 1 N–H and O–H groups in total. The minimum absolute atomic E-state index is 0.0715. The third-order valence-corrected chi connectivity index (χ3v) is 4.88. The van der Waals surface area contributed by atoms with E-state index in [-0.39, 0.29) is 17.3 Å². The smallest absolute Gasteiger partial charge is 0.340 e. The van der Waals surface area contributed by atoms with Gasteiger partial charge in [-0.15, -0.1) is 10.2 Å². The molecule has 0 saturated carbocycles. The molecular formula is C25H20N4O4. The van der Waals surface area contributed by atoms with Gasteiger partial charge in [0, 0.05) is 22.9 Å². The fraction of sp³-hybridized carbons (Fsp3) is 0.0800. The fourth-order valence-electron chi connectivity index (χ4n) is 3.36. The van der Waals surface area contributed by atoms with E-state index in [0.29, 0.717) is 22.7 Å². The number of benzene rings is 3. The molecule has 0 spiro atoms. The Morgan fingerprint density at radius 3 is 2.06 bits per heavy atom. The van der Waals surface area contributed by atoms with Crippen LogP contribution in [0.2, 0.25) is 0 Å². The lowest BCUT2D eigenvalue weighted by molar-refractivity contribution is 0.0692. The van der Waals surface area contributed by atoms with E-state index >= 15 is 0 Å². The molecule has 0 aliphatic rings. The van der Waals surface area contributed by atoms with Crippen LogP contribution >= 0.6 is 0 Å². The van der Waals surface area contributed by atoms with Gasteiger partial charge >= 0.3 is 5.97 Å². The second-order valence-electron chi connectivity index (χ2n) is 6.87. The molecule has 8 heteroatoms. The van der Waals surface area contributed by atoms with Crippen LogP contribution in [0.5, 0.6) is 11.5 Å². The van der Waals surface area contributed by atoms with E-state index in [9.17, 15) is 9.90 Å². The van der Waals surface area contributed by atoms with Crippen LogP contribution in [0.15, 0.2) is 77.8 Å². The Hall–Kier alpha value is -4.59. The van der Waals surface area contributed by atoms with Crippen molar-refractivity contribution in [1.82, 2.24) is 15.2 Å². The number of carbonyl (C=O) groups is 1. The van der Waals surface area contributed by atoms with Crippen molar-refractivity contribution in [2.24, 2.45) is 4.99 Å². The molecule has 0 radical (unpaired) electrons. The molecule has 8 nitrogen and oxygen atoms in total. The van der Waals surface area contributed by atoms with Gasteiger partial charge in [-0.2, -0.15) is 0 Å². The molecule has 164 valence electrons. The molecule has 0 saturated heterocycles. The maximum absolute atomic E-state index is 11.9. The van der Waals surface area contributed by atoms with Gasteiger partial charge in [-0.1, -0.05) is 60.7 Å². The monoisotopic (exact) mass is 440 g/mol. The van der Waals surface area contributed by atoms with E-state index in [4.69, 9.17) is 9.47 Å². The van der Waals surface area contributed by atoms with Crippen LogP contribution < -0.4 is 9.47 Å². The second kappa shape index (κ2) is 9.69. The SMILES string of the molecule is COc1ccc(C=Nc2nnc(-c3ccccc3)c(-c3ccccc3)n2)c(C(=O)O)c1OC. The molecule has 0 atom stereocenters. The molecule has 1 aromatic heterocycles. The van der Waals surface area contributed by atoms with Gasteiger partial charge < -0.3 is 14.6 Å². The van der Waals surface area contributed by atoms with Crippen LogP contribution in [0.4, 0.5) is 5.95 Å². The number of hydrogen-bond acceptors (Lipinski definition) is 7. The summed E-state index contributed by atoms with van der Waals surface area (Å²) in [6.07, 6.45) is 1.37. The van der Waals surface area contributed by atoms with Crippen molar-refractivity contribution in [2.45, 2.75) is 0 Å². The topological polar surface area (TPSA) is 107 Å². The predicted molar refractivity (Wildman–Crippen MR) is 124 cm³/mol. The third-order valence-electron chi connectivity index (χ3n) is 4.88. The Kier molecular flexibility index (Phi) is 6.36. The zero-order valence-electron chi connectivity index (χ0n) is 18.0.